The number of rotatable bonds is 16. The number of likely N-dealkylation sites (N-methyl/N-ethyl adjacent to an activating group) is 1. The first-order valence-corrected chi connectivity index (χ1v) is 12.5. The maximum atomic E-state index is 11.9. The summed E-state index contributed by atoms with van der Waals surface area (Å²) >= 11 is 0. The first-order valence-electron chi connectivity index (χ1n) is 12.5. The molecule has 0 saturated carbocycles. The van der Waals surface area contributed by atoms with Crippen LogP contribution in [-0.2, 0) is 14.4 Å². The number of carbonyl (C=O) groups is 1. The molecule has 0 bridgehead atoms. The van der Waals surface area contributed by atoms with Crippen molar-refractivity contribution in [3.05, 3.63) is 54.1 Å². The van der Waals surface area contributed by atoms with Gasteiger partial charge in [0.15, 0.2) is 5.79 Å². The number of hydrogen-bond acceptors (Lipinski definition) is 6. The molecular formula is C28H42N2O5. The third-order valence-electron chi connectivity index (χ3n) is 6.09. The summed E-state index contributed by atoms with van der Waals surface area (Å²) in [5.41, 5.74) is 5.36. The lowest BCUT2D eigenvalue weighted by Gasteiger charge is -2.22. The van der Waals surface area contributed by atoms with Crippen molar-refractivity contribution >= 4 is 5.91 Å². The monoisotopic (exact) mass is 486 g/mol. The second-order valence-electron chi connectivity index (χ2n) is 8.99. The van der Waals surface area contributed by atoms with Crippen LogP contribution in [0.4, 0.5) is 0 Å². The van der Waals surface area contributed by atoms with E-state index in [9.17, 15) is 9.90 Å². The number of methoxy groups -OCH3 is 1. The number of nitrogens with zero attached hydrogens (tertiary/aromatic N) is 1. The maximum absolute atomic E-state index is 11.9. The van der Waals surface area contributed by atoms with Gasteiger partial charge in [-0.2, -0.15) is 0 Å². The minimum Gasteiger partial charge on any atom is -0.492 e. The molecule has 2 N–H and O–H groups in total. The number of nitrogens with one attached hydrogen (secondary N) is 1. The van der Waals surface area contributed by atoms with Crippen LogP contribution >= 0.6 is 0 Å². The van der Waals surface area contributed by atoms with E-state index in [1.54, 1.807) is 13.8 Å². The fourth-order valence-electron chi connectivity index (χ4n) is 3.60. The van der Waals surface area contributed by atoms with Crippen LogP contribution in [0.3, 0.4) is 0 Å². The number of hydrogen-bond donors (Lipinski definition) is 2. The van der Waals surface area contributed by atoms with Crippen LogP contribution in [-0.4, -0.2) is 55.1 Å². The molecule has 194 valence electrons. The van der Waals surface area contributed by atoms with E-state index in [4.69, 9.17) is 14.3 Å². The molecular weight excluding hydrogens is 444 g/mol. The number of aliphatic hydroxyl groups is 1. The Morgan fingerprint density at radius 2 is 1.74 bits per heavy atom. The van der Waals surface area contributed by atoms with Crippen LogP contribution in [0, 0.1) is 0 Å². The lowest BCUT2D eigenvalue weighted by Crippen LogP contribution is -2.37. The maximum Gasteiger partial charge on any atom is 0.243 e. The Balaban J connectivity index is 1.83. The average Bonchev–Trinajstić information content (AvgIpc) is 2.88. The summed E-state index contributed by atoms with van der Waals surface area (Å²) in [6.07, 6.45) is 1.73. The second kappa shape index (κ2) is 14.8. The molecule has 0 fully saturated rings. The third-order valence-corrected chi connectivity index (χ3v) is 6.09. The fourth-order valence-corrected chi connectivity index (χ4v) is 3.60. The molecule has 2 aromatic carbocycles. The van der Waals surface area contributed by atoms with Crippen LogP contribution in [0.25, 0.3) is 11.1 Å². The van der Waals surface area contributed by atoms with Crippen molar-refractivity contribution in [1.29, 1.82) is 0 Å². The zero-order chi connectivity index (χ0) is 25.7. The number of amides is 1. The van der Waals surface area contributed by atoms with E-state index in [0.717, 1.165) is 48.5 Å². The van der Waals surface area contributed by atoms with Gasteiger partial charge in [0, 0.05) is 25.6 Å². The summed E-state index contributed by atoms with van der Waals surface area (Å²) < 4.78 is 11.2. The minimum atomic E-state index is -0.865. The van der Waals surface area contributed by atoms with Gasteiger partial charge in [0.1, 0.15) is 12.4 Å². The summed E-state index contributed by atoms with van der Waals surface area (Å²) in [5, 5.41) is 10.6. The molecule has 1 atom stereocenters. The number of unbranched alkanes of at least 4 members (excludes halogenated alkanes) is 1. The Hall–Kier alpha value is -2.45. The number of carbonyl (C=O) groups excluding carboxylic acids is 1. The highest BCUT2D eigenvalue weighted by Gasteiger charge is 2.18. The van der Waals surface area contributed by atoms with Gasteiger partial charge < -0.3 is 19.5 Å². The third kappa shape index (κ3) is 9.98. The molecule has 2 aromatic rings. The highest BCUT2D eigenvalue weighted by molar-refractivity contribution is 5.74. The summed E-state index contributed by atoms with van der Waals surface area (Å²) in [6, 6.07) is 16.0. The van der Waals surface area contributed by atoms with E-state index in [1.165, 1.54) is 7.11 Å². The number of ether oxygens (including phenoxy) is 2. The van der Waals surface area contributed by atoms with Gasteiger partial charge in [0.05, 0.1) is 6.10 Å². The van der Waals surface area contributed by atoms with E-state index in [0.29, 0.717) is 25.9 Å². The van der Waals surface area contributed by atoms with E-state index >= 15 is 0 Å². The summed E-state index contributed by atoms with van der Waals surface area (Å²) in [7, 11) is 1.52. The fraction of sp³-hybridized carbons (Fsp3) is 0.536. The molecule has 0 unspecified atom stereocenters. The molecule has 7 heteroatoms. The van der Waals surface area contributed by atoms with Crippen molar-refractivity contribution in [2.45, 2.75) is 65.3 Å². The van der Waals surface area contributed by atoms with Gasteiger partial charge in [0.2, 0.25) is 5.91 Å². The van der Waals surface area contributed by atoms with Gasteiger partial charge in [0.25, 0.3) is 0 Å². The SMILES string of the molecule is CCN(CC)CCOc1ccccc1-c1ccc([C@H](O)CCCCC(=O)NOC(C)(C)OC)cc1. The van der Waals surface area contributed by atoms with Gasteiger partial charge in [-0.3, -0.25) is 4.79 Å². The molecule has 2 rings (SSSR count). The van der Waals surface area contributed by atoms with E-state index in [-0.39, 0.29) is 5.91 Å². The van der Waals surface area contributed by atoms with Gasteiger partial charge in [-0.15, -0.1) is 0 Å². The van der Waals surface area contributed by atoms with Crippen LogP contribution in [0.5, 0.6) is 5.75 Å². The topological polar surface area (TPSA) is 80.3 Å². The summed E-state index contributed by atoms with van der Waals surface area (Å²) in [5.74, 6) is -0.202. The molecule has 0 aliphatic rings. The van der Waals surface area contributed by atoms with Gasteiger partial charge in [-0.05, 0) is 57.0 Å². The molecule has 0 radical (unpaired) electrons. The Morgan fingerprint density at radius 1 is 1.06 bits per heavy atom. The Morgan fingerprint density at radius 3 is 2.40 bits per heavy atom. The van der Waals surface area contributed by atoms with Crippen molar-refractivity contribution < 1.29 is 24.2 Å². The van der Waals surface area contributed by atoms with E-state index in [1.807, 2.05) is 42.5 Å². The first-order chi connectivity index (χ1) is 16.8. The first kappa shape index (κ1) is 28.8. The van der Waals surface area contributed by atoms with Gasteiger partial charge >= 0.3 is 0 Å². The Kier molecular flexibility index (Phi) is 12.2. The van der Waals surface area contributed by atoms with E-state index < -0.39 is 11.9 Å². The molecule has 0 aliphatic heterocycles. The molecule has 35 heavy (non-hydrogen) atoms. The second-order valence-corrected chi connectivity index (χ2v) is 8.99. The standard InChI is InChI=1S/C28H42N2O5/c1-6-30(7-2)20-21-34-26-14-10-8-12-24(26)22-16-18-23(19-17-22)25(31)13-9-11-15-27(32)29-35-28(3,4)33-5/h8,10,12,14,16-19,25,31H,6-7,9,11,13,15,20-21H2,1-5H3,(H,29,32)/t25-/m1/s1. The smallest absolute Gasteiger partial charge is 0.243 e. The lowest BCUT2D eigenvalue weighted by molar-refractivity contribution is -0.231. The van der Waals surface area contributed by atoms with Crippen molar-refractivity contribution in [2.75, 3.05) is 33.4 Å². The van der Waals surface area contributed by atoms with Crippen LogP contribution in [0.1, 0.15) is 65.0 Å². The largest absolute Gasteiger partial charge is 0.492 e. The average molecular weight is 487 g/mol. The van der Waals surface area contributed by atoms with Gasteiger partial charge in [-0.25, -0.2) is 10.3 Å². The van der Waals surface area contributed by atoms with Crippen molar-refractivity contribution in [3.8, 4) is 16.9 Å². The highest BCUT2D eigenvalue weighted by Crippen LogP contribution is 2.31. The number of para-hydroxylation sites is 1. The highest BCUT2D eigenvalue weighted by atomic mass is 16.8. The number of benzene rings is 2. The molecule has 1 amide bonds. The zero-order valence-corrected chi connectivity index (χ0v) is 21.9. The predicted molar refractivity (Wildman–Crippen MR) is 139 cm³/mol. The van der Waals surface area contributed by atoms with Crippen molar-refractivity contribution in [1.82, 2.24) is 10.4 Å². The van der Waals surface area contributed by atoms with Crippen LogP contribution in [0.2, 0.25) is 0 Å². The summed E-state index contributed by atoms with van der Waals surface area (Å²) in [4.78, 5) is 19.4. The molecule has 0 spiro atoms. The van der Waals surface area contributed by atoms with Gasteiger partial charge in [-0.1, -0.05) is 62.7 Å². The Bertz CT molecular complexity index is 881. The lowest BCUT2D eigenvalue weighted by atomic mass is 9.98. The van der Waals surface area contributed by atoms with Crippen LogP contribution in [0.15, 0.2) is 48.5 Å². The Labute approximate surface area is 210 Å². The van der Waals surface area contributed by atoms with Crippen molar-refractivity contribution in [3.63, 3.8) is 0 Å². The zero-order valence-electron chi connectivity index (χ0n) is 21.9. The molecule has 0 aliphatic carbocycles. The minimum absolute atomic E-state index is 0.202. The van der Waals surface area contributed by atoms with Crippen molar-refractivity contribution in [2.24, 2.45) is 0 Å². The summed E-state index contributed by atoms with van der Waals surface area (Å²) in [6.45, 7) is 11.3. The number of hydroxylamine groups is 1. The molecule has 0 heterocycles. The molecule has 0 saturated heterocycles. The quantitative estimate of drug-likeness (QED) is 0.195. The number of aliphatic hydroxyl groups excluding tert-OH is 1. The normalized spacial score (nSPS) is 12.5. The van der Waals surface area contributed by atoms with E-state index in [2.05, 4.69) is 30.3 Å². The molecule has 7 nitrogen and oxygen atoms in total. The molecule has 0 aromatic heterocycles. The van der Waals surface area contributed by atoms with Crippen LogP contribution < -0.4 is 10.2 Å². The predicted octanol–water partition coefficient (Wildman–Crippen LogP) is 5.10.